The van der Waals surface area contributed by atoms with Crippen LogP contribution in [-0.2, 0) is 0 Å². The normalized spacial score (nSPS) is 11.1. The highest BCUT2D eigenvalue weighted by Gasteiger charge is 2.10. The van der Waals surface area contributed by atoms with Gasteiger partial charge in [0.25, 0.3) is 0 Å². The van der Waals surface area contributed by atoms with Crippen LogP contribution in [0, 0.1) is 0 Å². The number of ketones is 1. The predicted octanol–water partition coefficient (Wildman–Crippen LogP) is 4.82. The van der Waals surface area contributed by atoms with E-state index in [1.54, 1.807) is 55.7 Å². The molecule has 24 heavy (non-hydrogen) atoms. The van der Waals surface area contributed by atoms with Crippen molar-refractivity contribution in [3.8, 4) is 5.75 Å². The van der Waals surface area contributed by atoms with E-state index < -0.39 is 0 Å². The van der Waals surface area contributed by atoms with Crippen LogP contribution in [0.1, 0.15) is 15.9 Å². The third kappa shape index (κ3) is 3.55. The van der Waals surface area contributed by atoms with Crippen molar-refractivity contribution in [2.75, 3.05) is 7.11 Å². The zero-order valence-corrected chi connectivity index (χ0v) is 14.4. The maximum atomic E-state index is 12.3. The number of fused-ring (bicyclic) bond motifs is 1. The van der Waals surface area contributed by atoms with Crippen molar-refractivity contribution in [3.05, 3.63) is 80.3 Å². The second-order valence-electron chi connectivity index (χ2n) is 5.10. The lowest BCUT2D eigenvalue weighted by atomic mass is 10.1. The predicted molar refractivity (Wildman–Crippen MR) is 99.5 cm³/mol. The summed E-state index contributed by atoms with van der Waals surface area (Å²) in [5.74, 6) is 0.365. The lowest BCUT2D eigenvalue weighted by Crippen LogP contribution is -2.09. The van der Waals surface area contributed by atoms with E-state index in [1.807, 2.05) is 6.07 Å². The van der Waals surface area contributed by atoms with Gasteiger partial charge in [-0.3, -0.25) is 9.59 Å². The summed E-state index contributed by atoms with van der Waals surface area (Å²) in [5, 5.41) is 1.47. The van der Waals surface area contributed by atoms with E-state index in [0.717, 1.165) is 27.0 Å². The van der Waals surface area contributed by atoms with Crippen molar-refractivity contribution in [3.63, 3.8) is 0 Å². The summed E-state index contributed by atoms with van der Waals surface area (Å²) in [6, 6.07) is 14.2. The van der Waals surface area contributed by atoms with Gasteiger partial charge in [0.15, 0.2) is 5.78 Å². The largest absolute Gasteiger partial charge is 0.497 e. The van der Waals surface area contributed by atoms with Crippen molar-refractivity contribution in [1.29, 1.82) is 0 Å². The highest BCUT2D eigenvalue weighted by atomic mass is 35.5. The van der Waals surface area contributed by atoms with Gasteiger partial charge in [0, 0.05) is 9.72 Å². The first-order valence-corrected chi connectivity index (χ1v) is 8.36. The smallest absolute Gasteiger partial charge is 0.244 e. The highest BCUT2D eigenvalue weighted by Crippen LogP contribution is 2.23. The van der Waals surface area contributed by atoms with Gasteiger partial charge in [0.2, 0.25) is 4.74 Å². The van der Waals surface area contributed by atoms with Gasteiger partial charge >= 0.3 is 0 Å². The maximum absolute atomic E-state index is 12.3. The van der Waals surface area contributed by atoms with Crippen molar-refractivity contribution >= 4 is 44.9 Å². The zero-order valence-electron chi connectivity index (χ0n) is 12.8. The summed E-state index contributed by atoms with van der Waals surface area (Å²) in [5.41, 5.74) is 1.01. The Balaban J connectivity index is 1.93. The lowest BCUT2D eigenvalue weighted by Gasteiger charge is -2.02. The molecule has 2 aromatic carbocycles. The van der Waals surface area contributed by atoms with Gasteiger partial charge in [0.1, 0.15) is 5.75 Å². The average Bonchev–Trinajstić information content (AvgIpc) is 2.59. The number of carbonyl (C=O) groups is 1. The third-order valence-electron chi connectivity index (χ3n) is 3.51. The van der Waals surface area contributed by atoms with Crippen LogP contribution in [0.4, 0.5) is 0 Å². The van der Waals surface area contributed by atoms with E-state index in [4.69, 9.17) is 16.3 Å². The van der Waals surface area contributed by atoms with Gasteiger partial charge in [-0.2, -0.15) is 0 Å². The number of ether oxygens (including phenoxy) is 1. The van der Waals surface area contributed by atoms with Gasteiger partial charge in [0.05, 0.1) is 12.7 Å². The monoisotopic (exact) mass is 356 g/mol. The minimum absolute atomic E-state index is 0.169. The molecule has 0 N–H and O–H groups in total. The van der Waals surface area contributed by atoms with Crippen molar-refractivity contribution in [2.24, 2.45) is 0 Å². The summed E-state index contributed by atoms with van der Waals surface area (Å²) in [6.07, 6.45) is 3.07. The molecule has 0 unspecified atom stereocenters. The Bertz CT molecular complexity index is 988. The summed E-state index contributed by atoms with van der Waals surface area (Å²) < 4.78 is 5.68. The fourth-order valence-electron chi connectivity index (χ4n) is 2.23. The molecule has 0 amide bonds. The summed E-state index contributed by atoms with van der Waals surface area (Å²) >= 11 is 6.87. The van der Waals surface area contributed by atoms with Crippen LogP contribution in [0.5, 0.6) is 5.75 Å². The topological polar surface area (TPSA) is 43.4 Å². The molecule has 0 saturated carbocycles. The van der Waals surface area contributed by atoms with Crippen LogP contribution in [0.25, 0.3) is 16.2 Å². The summed E-state index contributed by atoms with van der Waals surface area (Å²) in [6.45, 7) is 0. The Morgan fingerprint density at radius 2 is 1.88 bits per heavy atom. The quantitative estimate of drug-likeness (QED) is 0.497. The van der Waals surface area contributed by atoms with E-state index in [0.29, 0.717) is 10.8 Å². The maximum Gasteiger partial charge on any atom is 0.244 e. The SMILES string of the molecule is COc1ccc2cc(C(=O)C=Cc3ccc(Cl)cc3)c(=O)sc2c1. The van der Waals surface area contributed by atoms with E-state index in [-0.39, 0.29) is 16.1 Å². The Morgan fingerprint density at radius 3 is 2.58 bits per heavy atom. The molecule has 0 aliphatic heterocycles. The second-order valence-corrected chi connectivity index (χ2v) is 6.55. The number of methoxy groups -OCH3 is 1. The molecular formula is C19H13ClO3S. The first kappa shape index (κ1) is 16.4. The molecule has 120 valence electrons. The van der Waals surface area contributed by atoms with Crippen molar-refractivity contribution < 1.29 is 9.53 Å². The molecule has 0 aliphatic rings. The Hall–Kier alpha value is -2.43. The van der Waals surface area contributed by atoms with Crippen LogP contribution in [0.3, 0.4) is 0 Å². The number of benzene rings is 2. The fraction of sp³-hybridized carbons (Fsp3) is 0.0526. The molecule has 0 fully saturated rings. The number of hydrogen-bond acceptors (Lipinski definition) is 4. The molecule has 1 heterocycles. The minimum Gasteiger partial charge on any atom is -0.497 e. The molecule has 1 aromatic heterocycles. The summed E-state index contributed by atoms with van der Waals surface area (Å²) in [4.78, 5) is 24.6. The number of halogens is 1. The van der Waals surface area contributed by atoms with Gasteiger partial charge < -0.3 is 4.74 Å². The molecule has 0 bridgehead atoms. The Kier molecular flexibility index (Phi) is 4.79. The molecule has 3 aromatic rings. The van der Waals surface area contributed by atoms with E-state index in [2.05, 4.69) is 0 Å². The molecule has 0 atom stereocenters. The average molecular weight is 357 g/mol. The zero-order chi connectivity index (χ0) is 17.1. The van der Waals surface area contributed by atoms with E-state index in [9.17, 15) is 9.59 Å². The van der Waals surface area contributed by atoms with Crippen molar-refractivity contribution in [2.45, 2.75) is 0 Å². The van der Waals surface area contributed by atoms with Gasteiger partial charge in [-0.1, -0.05) is 41.1 Å². The number of hydrogen-bond donors (Lipinski definition) is 0. The third-order valence-corrected chi connectivity index (χ3v) is 4.74. The molecular weight excluding hydrogens is 344 g/mol. The van der Waals surface area contributed by atoms with Crippen LogP contribution in [0.15, 0.2) is 59.4 Å². The lowest BCUT2D eigenvalue weighted by molar-refractivity contribution is 0.104. The summed E-state index contributed by atoms with van der Waals surface area (Å²) in [7, 11) is 1.57. The van der Waals surface area contributed by atoms with E-state index in [1.165, 1.54) is 6.08 Å². The molecule has 0 spiro atoms. The van der Waals surface area contributed by atoms with Gasteiger partial charge in [-0.25, -0.2) is 0 Å². The second kappa shape index (κ2) is 6.99. The van der Waals surface area contributed by atoms with Crippen LogP contribution >= 0.6 is 22.9 Å². The van der Waals surface area contributed by atoms with Crippen LogP contribution in [0.2, 0.25) is 5.02 Å². The Labute approximate surface area is 147 Å². The Morgan fingerprint density at radius 1 is 1.12 bits per heavy atom. The molecule has 3 nitrogen and oxygen atoms in total. The number of rotatable bonds is 4. The van der Waals surface area contributed by atoms with Gasteiger partial charge in [-0.05, 0) is 53.4 Å². The fourth-order valence-corrected chi connectivity index (χ4v) is 3.24. The van der Waals surface area contributed by atoms with Crippen molar-refractivity contribution in [1.82, 2.24) is 0 Å². The van der Waals surface area contributed by atoms with E-state index >= 15 is 0 Å². The molecule has 0 radical (unpaired) electrons. The van der Waals surface area contributed by atoms with Crippen LogP contribution in [-0.4, -0.2) is 12.9 Å². The molecule has 3 rings (SSSR count). The van der Waals surface area contributed by atoms with Crippen LogP contribution < -0.4 is 9.48 Å². The first-order valence-electron chi connectivity index (χ1n) is 7.17. The highest BCUT2D eigenvalue weighted by molar-refractivity contribution is 7.16. The molecule has 0 saturated heterocycles. The van der Waals surface area contributed by atoms with Gasteiger partial charge in [-0.15, -0.1) is 0 Å². The number of carbonyl (C=O) groups excluding carboxylic acids is 1. The standard InChI is InChI=1S/C19H13ClO3S/c1-23-15-8-5-13-10-16(19(22)24-18(13)11-15)17(21)9-4-12-2-6-14(20)7-3-12/h2-11H,1H3. The molecule has 5 heteroatoms. The number of allylic oxidation sites excluding steroid dienone is 1. The minimum atomic E-state index is -0.316. The first-order chi connectivity index (χ1) is 11.6. The molecule has 0 aliphatic carbocycles.